The van der Waals surface area contributed by atoms with Gasteiger partial charge in [0.1, 0.15) is 5.75 Å². The number of hydrogen-bond acceptors (Lipinski definition) is 3. The molecule has 14 heavy (non-hydrogen) atoms. The molecular weight excluding hydrogens is 180 g/mol. The molecule has 2 aliphatic heterocycles. The molecule has 72 valence electrons. The van der Waals surface area contributed by atoms with Gasteiger partial charge in [-0.3, -0.25) is 4.79 Å². The quantitative estimate of drug-likeness (QED) is 0.639. The van der Waals surface area contributed by atoms with Crippen LogP contribution in [-0.2, 0) is 4.79 Å². The third-order valence-corrected chi connectivity index (χ3v) is 2.45. The zero-order valence-electron chi connectivity index (χ0n) is 7.54. The van der Waals surface area contributed by atoms with Gasteiger partial charge in [0.05, 0.1) is 5.69 Å². The van der Waals surface area contributed by atoms with Gasteiger partial charge in [0.2, 0.25) is 0 Å². The number of hydrogen-bond donors (Lipinski definition) is 2. The maximum atomic E-state index is 11.1. The summed E-state index contributed by atoms with van der Waals surface area (Å²) in [6.45, 7) is 1.14. The number of carbonyl (C=O) groups is 1. The van der Waals surface area contributed by atoms with Crippen molar-refractivity contribution >= 4 is 11.6 Å². The second-order valence-electron chi connectivity index (χ2n) is 3.55. The van der Waals surface area contributed by atoms with Crippen molar-refractivity contribution in [2.45, 2.75) is 6.04 Å². The molecule has 1 saturated heterocycles. The molecule has 1 aromatic rings. The van der Waals surface area contributed by atoms with Crippen molar-refractivity contribution in [3.63, 3.8) is 0 Å². The molecular formula is C10H10N2O2. The van der Waals surface area contributed by atoms with Crippen molar-refractivity contribution in [1.82, 2.24) is 5.32 Å². The van der Waals surface area contributed by atoms with Crippen molar-refractivity contribution in [3.8, 4) is 5.75 Å². The highest BCUT2D eigenvalue weighted by atomic mass is 16.5. The van der Waals surface area contributed by atoms with E-state index < -0.39 is 0 Å². The van der Waals surface area contributed by atoms with E-state index in [1.54, 1.807) is 0 Å². The number of fused-ring (bicyclic) bond motifs is 1. The first-order valence-corrected chi connectivity index (χ1v) is 4.63. The maximum Gasteiger partial charge on any atom is 0.262 e. The number of anilines is 1. The molecule has 1 amide bonds. The molecule has 2 heterocycles. The van der Waals surface area contributed by atoms with Gasteiger partial charge in [-0.05, 0) is 17.7 Å². The fraction of sp³-hybridized carbons (Fsp3) is 0.300. The highest BCUT2D eigenvalue weighted by Crippen LogP contribution is 2.32. The van der Waals surface area contributed by atoms with Gasteiger partial charge in [-0.2, -0.15) is 0 Å². The lowest BCUT2D eigenvalue weighted by Gasteiger charge is -2.18. The van der Waals surface area contributed by atoms with Crippen LogP contribution in [0.2, 0.25) is 0 Å². The van der Waals surface area contributed by atoms with Gasteiger partial charge in [0.25, 0.3) is 5.91 Å². The van der Waals surface area contributed by atoms with Crippen LogP contribution in [0.1, 0.15) is 11.6 Å². The largest absolute Gasteiger partial charge is 0.482 e. The number of benzene rings is 1. The second kappa shape index (κ2) is 2.72. The van der Waals surface area contributed by atoms with Crippen LogP contribution in [0.3, 0.4) is 0 Å². The SMILES string of the molecule is O=C1COc2ccc([C@H]3CN3)cc2N1. The number of rotatable bonds is 1. The topological polar surface area (TPSA) is 60.3 Å². The van der Waals surface area contributed by atoms with Crippen molar-refractivity contribution < 1.29 is 9.53 Å². The maximum absolute atomic E-state index is 11.1. The Kier molecular flexibility index (Phi) is 1.52. The molecule has 0 saturated carbocycles. The van der Waals surface area contributed by atoms with Gasteiger partial charge < -0.3 is 15.4 Å². The summed E-state index contributed by atoms with van der Waals surface area (Å²) >= 11 is 0. The molecule has 0 spiro atoms. The lowest BCUT2D eigenvalue weighted by molar-refractivity contribution is -0.118. The molecule has 1 fully saturated rings. The zero-order valence-corrected chi connectivity index (χ0v) is 7.54. The molecule has 0 aliphatic carbocycles. The molecule has 1 atom stereocenters. The van der Waals surface area contributed by atoms with Crippen LogP contribution in [-0.4, -0.2) is 19.1 Å². The molecule has 0 radical (unpaired) electrons. The molecule has 2 aliphatic rings. The van der Waals surface area contributed by atoms with Gasteiger partial charge in [0, 0.05) is 12.6 Å². The smallest absolute Gasteiger partial charge is 0.262 e. The van der Waals surface area contributed by atoms with Crippen LogP contribution in [0.4, 0.5) is 5.69 Å². The van der Waals surface area contributed by atoms with Crippen LogP contribution in [0, 0.1) is 0 Å². The Balaban J connectivity index is 1.99. The molecule has 0 unspecified atom stereocenters. The Morgan fingerprint density at radius 3 is 3.07 bits per heavy atom. The third kappa shape index (κ3) is 1.24. The highest BCUT2D eigenvalue weighted by Gasteiger charge is 2.24. The van der Waals surface area contributed by atoms with E-state index in [9.17, 15) is 4.79 Å². The molecule has 0 bridgehead atoms. The van der Waals surface area contributed by atoms with Crippen molar-refractivity contribution in [2.75, 3.05) is 18.5 Å². The first-order valence-electron chi connectivity index (χ1n) is 4.63. The summed E-state index contributed by atoms with van der Waals surface area (Å²) in [5, 5.41) is 6.01. The normalized spacial score (nSPS) is 23.4. The molecule has 2 N–H and O–H groups in total. The average Bonchev–Trinajstić information content (AvgIpc) is 3.00. The van der Waals surface area contributed by atoms with Crippen molar-refractivity contribution in [1.29, 1.82) is 0 Å². The highest BCUT2D eigenvalue weighted by molar-refractivity contribution is 5.95. The predicted octanol–water partition coefficient (Wildman–Crippen LogP) is 0.662. The first kappa shape index (κ1) is 7.82. The first-order chi connectivity index (χ1) is 6.83. The Morgan fingerprint density at radius 2 is 2.29 bits per heavy atom. The van der Waals surface area contributed by atoms with E-state index in [4.69, 9.17) is 4.74 Å². The zero-order chi connectivity index (χ0) is 9.54. The van der Waals surface area contributed by atoms with E-state index in [1.807, 2.05) is 18.2 Å². The minimum Gasteiger partial charge on any atom is -0.482 e. The Labute approximate surface area is 81.3 Å². The summed E-state index contributed by atoms with van der Waals surface area (Å²) in [4.78, 5) is 11.1. The Bertz CT molecular complexity index is 399. The lowest BCUT2D eigenvalue weighted by Crippen LogP contribution is -2.25. The second-order valence-corrected chi connectivity index (χ2v) is 3.55. The minimum atomic E-state index is -0.0848. The van der Waals surface area contributed by atoms with Gasteiger partial charge in [0.15, 0.2) is 6.61 Å². The van der Waals surface area contributed by atoms with E-state index >= 15 is 0 Å². The molecule has 4 heteroatoms. The molecule has 0 aromatic heterocycles. The summed E-state index contributed by atoms with van der Waals surface area (Å²) in [6, 6.07) is 6.36. The summed E-state index contributed by atoms with van der Waals surface area (Å²) in [7, 11) is 0. The summed E-state index contributed by atoms with van der Waals surface area (Å²) in [6.07, 6.45) is 0. The van der Waals surface area contributed by atoms with E-state index in [2.05, 4.69) is 10.6 Å². The minimum absolute atomic E-state index is 0.0848. The monoisotopic (exact) mass is 190 g/mol. The number of carbonyl (C=O) groups excluding carboxylic acids is 1. The van der Waals surface area contributed by atoms with Crippen LogP contribution in [0.25, 0.3) is 0 Å². The number of ether oxygens (including phenoxy) is 1. The molecule has 3 rings (SSSR count). The van der Waals surface area contributed by atoms with Crippen LogP contribution < -0.4 is 15.4 Å². The molecule has 4 nitrogen and oxygen atoms in total. The van der Waals surface area contributed by atoms with Gasteiger partial charge in [-0.25, -0.2) is 0 Å². The van der Waals surface area contributed by atoms with E-state index in [0.717, 1.165) is 18.0 Å². The standard InChI is InChI=1S/C10H10N2O2/c13-10-5-14-9-2-1-6(8-4-11-8)3-7(9)12-10/h1-3,8,11H,4-5H2,(H,12,13)/t8-/m1/s1. The average molecular weight is 190 g/mol. The summed E-state index contributed by atoms with van der Waals surface area (Å²) < 4.78 is 5.26. The Hall–Kier alpha value is -1.55. The summed E-state index contributed by atoms with van der Waals surface area (Å²) in [5.41, 5.74) is 1.99. The fourth-order valence-corrected chi connectivity index (χ4v) is 1.61. The van der Waals surface area contributed by atoms with Gasteiger partial charge in [-0.15, -0.1) is 0 Å². The van der Waals surface area contributed by atoms with Crippen molar-refractivity contribution in [3.05, 3.63) is 23.8 Å². The molecule has 1 aromatic carbocycles. The van der Waals surface area contributed by atoms with Crippen LogP contribution in [0.5, 0.6) is 5.75 Å². The fourth-order valence-electron chi connectivity index (χ4n) is 1.61. The number of nitrogens with one attached hydrogen (secondary N) is 2. The predicted molar refractivity (Wildman–Crippen MR) is 51.3 cm³/mol. The number of amides is 1. The van der Waals surface area contributed by atoms with E-state index in [-0.39, 0.29) is 12.5 Å². The van der Waals surface area contributed by atoms with Gasteiger partial charge >= 0.3 is 0 Å². The van der Waals surface area contributed by atoms with Crippen LogP contribution >= 0.6 is 0 Å². The lowest BCUT2D eigenvalue weighted by atomic mass is 10.1. The van der Waals surface area contributed by atoms with Crippen LogP contribution in [0.15, 0.2) is 18.2 Å². The van der Waals surface area contributed by atoms with E-state index in [1.165, 1.54) is 5.56 Å². The van der Waals surface area contributed by atoms with Crippen molar-refractivity contribution in [2.24, 2.45) is 0 Å². The van der Waals surface area contributed by atoms with Gasteiger partial charge in [-0.1, -0.05) is 6.07 Å². The Morgan fingerprint density at radius 1 is 1.43 bits per heavy atom. The third-order valence-electron chi connectivity index (χ3n) is 2.45. The van der Waals surface area contributed by atoms with E-state index in [0.29, 0.717) is 6.04 Å². The summed E-state index contributed by atoms with van der Waals surface area (Å²) in [5.74, 6) is 0.674.